The van der Waals surface area contributed by atoms with E-state index in [-0.39, 0.29) is 18.3 Å². The van der Waals surface area contributed by atoms with Crippen LogP contribution in [0.25, 0.3) is 0 Å². The Morgan fingerprint density at radius 2 is 1.69 bits per heavy atom. The number of amides is 1. The van der Waals surface area contributed by atoms with Crippen LogP contribution in [-0.2, 0) is 6.61 Å². The highest BCUT2D eigenvalue weighted by atomic mass is 16.5. The molecule has 0 saturated carbocycles. The lowest BCUT2D eigenvalue weighted by Crippen LogP contribution is -2.21. The molecule has 0 fully saturated rings. The van der Waals surface area contributed by atoms with Gasteiger partial charge in [0.25, 0.3) is 5.91 Å². The van der Waals surface area contributed by atoms with Crippen molar-refractivity contribution in [2.75, 3.05) is 23.3 Å². The highest BCUT2D eigenvalue weighted by Crippen LogP contribution is 2.20. The Labute approximate surface area is 172 Å². The molecule has 5 heteroatoms. The van der Waals surface area contributed by atoms with Gasteiger partial charge in [-0.3, -0.25) is 4.79 Å². The molecule has 5 nitrogen and oxygen atoms in total. The average Bonchev–Trinajstić information content (AvgIpc) is 3.20. The Balaban J connectivity index is 1.58. The van der Waals surface area contributed by atoms with Gasteiger partial charge in [0.05, 0.1) is 0 Å². The number of nitrogens with one attached hydrogen (secondary N) is 1. The van der Waals surface area contributed by atoms with E-state index >= 15 is 0 Å². The van der Waals surface area contributed by atoms with Gasteiger partial charge in [-0.05, 0) is 87.4 Å². The van der Waals surface area contributed by atoms with E-state index in [0.717, 1.165) is 30.2 Å². The van der Waals surface area contributed by atoms with Crippen LogP contribution in [0.2, 0.25) is 0 Å². The zero-order valence-electron chi connectivity index (χ0n) is 17.5. The Morgan fingerprint density at radius 1 is 0.966 bits per heavy atom. The second-order valence-corrected chi connectivity index (χ2v) is 6.97. The van der Waals surface area contributed by atoms with Crippen LogP contribution in [0.3, 0.4) is 0 Å². The van der Waals surface area contributed by atoms with E-state index < -0.39 is 0 Å². The van der Waals surface area contributed by atoms with E-state index in [9.17, 15) is 4.79 Å². The standard InChI is InChI=1S/C24H28N2O3/c1-5-26(6-2)20-10-8-19(9-11-20)25-24(27)23-14-13-22(29-23)16-28-21-12-7-17(3)18(4)15-21/h7-15H,5-6,16H2,1-4H3,(H,25,27). The molecule has 0 radical (unpaired) electrons. The predicted molar refractivity (Wildman–Crippen MR) is 117 cm³/mol. The molecule has 1 amide bonds. The fourth-order valence-corrected chi connectivity index (χ4v) is 3.07. The summed E-state index contributed by atoms with van der Waals surface area (Å²) in [7, 11) is 0. The zero-order valence-corrected chi connectivity index (χ0v) is 17.5. The molecule has 0 atom stereocenters. The number of ether oxygens (including phenoxy) is 1. The molecular weight excluding hydrogens is 364 g/mol. The molecule has 1 heterocycles. The van der Waals surface area contributed by atoms with Crippen molar-refractivity contribution in [2.24, 2.45) is 0 Å². The van der Waals surface area contributed by atoms with Crippen LogP contribution in [0.1, 0.15) is 41.3 Å². The van der Waals surface area contributed by atoms with Crippen molar-refractivity contribution in [1.29, 1.82) is 0 Å². The Hall–Kier alpha value is -3.21. The fourth-order valence-electron chi connectivity index (χ4n) is 3.07. The molecule has 3 aromatic rings. The van der Waals surface area contributed by atoms with E-state index in [1.165, 1.54) is 11.1 Å². The van der Waals surface area contributed by atoms with Crippen molar-refractivity contribution in [3.8, 4) is 5.75 Å². The maximum atomic E-state index is 12.5. The van der Waals surface area contributed by atoms with E-state index in [2.05, 4.69) is 31.0 Å². The first-order valence-corrected chi connectivity index (χ1v) is 9.95. The van der Waals surface area contributed by atoms with Gasteiger partial charge in [-0.2, -0.15) is 0 Å². The summed E-state index contributed by atoms with van der Waals surface area (Å²) in [5.41, 5.74) is 4.26. The Kier molecular flexibility index (Phi) is 6.60. The second-order valence-electron chi connectivity index (χ2n) is 6.97. The fraction of sp³-hybridized carbons (Fsp3) is 0.292. The summed E-state index contributed by atoms with van der Waals surface area (Å²) >= 11 is 0. The minimum atomic E-state index is -0.280. The molecule has 3 rings (SSSR count). The van der Waals surface area contributed by atoms with Crippen molar-refractivity contribution in [3.05, 3.63) is 77.2 Å². The van der Waals surface area contributed by atoms with Crippen molar-refractivity contribution in [1.82, 2.24) is 0 Å². The summed E-state index contributed by atoms with van der Waals surface area (Å²) in [6.07, 6.45) is 0. The molecule has 1 aromatic heterocycles. The van der Waals surface area contributed by atoms with E-state index in [1.807, 2.05) is 49.4 Å². The molecule has 0 saturated heterocycles. The van der Waals surface area contributed by atoms with Crippen molar-refractivity contribution < 1.29 is 13.9 Å². The maximum Gasteiger partial charge on any atom is 0.291 e. The van der Waals surface area contributed by atoms with E-state index in [0.29, 0.717) is 5.76 Å². The summed E-state index contributed by atoms with van der Waals surface area (Å²) in [6, 6.07) is 17.2. The first kappa shape index (κ1) is 20.5. The number of benzene rings is 2. The van der Waals surface area contributed by atoms with Gasteiger partial charge >= 0.3 is 0 Å². The first-order chi connectivity index (χ1) is 14.0. The van der Waals surface area contributed by atoms with Gasteiger partial charge < -0.3 is 19.4 Å². The topological polar surface area (TPSA) is 54.7 Å². The lowest BCUT2D eigenvalue weighted by Gasteiger charge is -2.21. The average molecular weight is 392 g/mol. The summed E-state index contributed by atoms with van der Waals surface area (Å²) in [4.78, 5) is 14.7. The molecule has 0 bridgehead atoms. The minimum absolute atomic E-state index is 0.261. The number of aryl methyl sites for hydroxylation is 2. The number of hydrogen-bond acceptors (Lipinski definition) is 4. The van der Waals surface area contributed by atoms with Crippen LogP contribution in [0.4, 0.5) is 11.4 Å². The van der Waals surface area contributed by atoms with Crippen LogP contribution >= 0.6 is 0 Å². The maximum absolute atomic E-state index is 12.5. The molecular formula is C24H28N2O3. The van der Waals surface area contributed by atoms with Crippen LogP contribution in [0.15, 0.2) is 59.0 Å². The summed E-state index contributed by atoms with van der Waals surface area (Å²) in [5.74, 6) is 1.36. The monoisotopic (exact) mass is 392 g/mol. The lowest BCUT2D eigenvalue weighted by atomic mass is 10.1. The SMILES string of the molecule is CCN(CC)c1ccc(NC(=O)c2ccc(COc3ccc(C)c(C)c3)o2)cc1. The molecule has 0 spiro atoms. The van der Waals surface area contributed by atoms with Gasteiger partial charge in [0.15, 0.2) is 5.76 Å². The number of carbonyl (C=O) groups excluding carboxylic acids is 1. The van der Waals surface area contributed by atoms with Gasteiger partial charge in [0.1, 0.15) is 18.1 Å². The number of hydrogen-bond donors (Lipinski definition) is 1. The number of anilines is 2. The second kappa shape index (κ2) is 9.32. The van der Waals surface area contributed by atoms with E-state index in [4.69, 9.17) is 9.15 Å². The van der Waals surface area contributed by atoms with Gasteiger partial charge in [0, 0.05) is 24.5 Å². The molecule has 0 unspecified atom stereocenters. The third kappa shape index (κ3) is 5.19. The largest absolute Gasteiger partial charge is 0.486 e. The lowest BCUT2D eigenvalue weighted by molar-refractivity contribution is 0.0992. The third-order valence-corrected chi connectivity index (χ3v) is 5.00. The predicted octanol–water partition coefficient (Wildman–Crippen LogP) is 5.57. The number of furan rings is 1. The minimum Gasteiger partial charge on any atom is -0.486 e. The van der Waals surface area contributed by atoms with Gasteiger partial charge in [-0.25, -0.2) is 0 Å². The van der Waals surface area contributed by atoms with Gasteiger partial charge in [0.2, 0.25) is 0 Å². The van der Waals surface area contributed by atoms with Crippen LogP contribution in [0.5, 0.6) is 5.75 Å². The molecule has 2 aromatic carbocycles. The van der Waals surface area contributed by atoms with Crippen molar-refractivity contribution >= 4 is 17.3 Å². The quantitative estimate of drug-likeness (QED) is 0.544. The van der Waals surface area contributed by atoms with Crippen LogP contribution < -0.4 is 15.0 Å². The van der Waals surface area contributed by atoms with Crippen molar-refractivity contribution in [2.45, 2.75) is 34.3 Å². The number of rotatable bonds is 8. The zero-order chi connectivity index (χ0) is 20.8. The molecule has 0 aliphatic heterocycles. The normalized spacial score (nSPS) is 10.6. The Bertz CT molecular complexity index is 957. The highest BCUT2D eigenvalue weighted by Gasteiger charge is 2.12. The Morgan fingerprint density at radius 3 is 2.34 bits per heavy atom. The molecule has 29 heavy (non-hydrogen) atoms. The summed E-state index contributed by atoms with van der Waals surface area (Å²) < 4.78 is 11.4. The number of nitrogens with zero attached hydrogens (tertiary/aromatic N) is 1. The van der Waals surface area contributed by atoms with Crippen LogP contribution in [-0.4, -0.2) is 19.0 Å². The molecule has 152 valence electrons. The highest BCUT2D eigenvalue weighted by molar-refractivity contribution is 6.02. The summed E-state index contributed by atoms with van der Waals surface area (Å²) in [5, 5.41) is 2.87. The molecule has 0 aliphatic carbocycles. The van der Waals surface area contributed by atoms with Crippen molar-refractivity contribution in [3.63, 3.8) is 0 Å². The van der Waals surface area contributed by atoms with E-state index in [1.54, 1.807) is 12.1 Å². The third-order valence-electron chi connectivity index (χ3n) is 5.00. The smallest absolute Gasteiger partial charge is 0.291 e. The first-order valence-electron chi connectivity index (χ1n) is 9.95. The van der Waals surface area contributed by atoms with Crippen LogP contribution in [0, 0.1) is 13.8 Å². The molecule has 1 N–H and O–H groups in total. The van der Waals surface area contributed by atoms with Gasteiger partial charge in [-0.1, -0.05) is 6.07 Å². The molecule has 0 aliphatic rings. The van der Waals surface area contributed by atoms with Gasteiger partial charge in [-0.15, -0.1) is 0 Å². The summed E-state index contributed by atoms with van der Waals surface area (Å²) in [6.45, 7) is 10.5. The number of carbonyl (C=O) groups is 1.